The van der Waals surface area contributed by atoms with E-state index in [1.807, 2.05) is 30.3 Å². The molecule has 0 spiro atoms. The molecule has 5 heteroatoms. The van der Waals surface area contributed by atoms with E-state index in [9.17, 15) is 14.4 Å². The molecular formula is C17H12N2O3. The van der Waals surface area contributed by atoms with Gasteiger partial charge in [0.05, 0.1) is 10.8 Å². The summed E-state index contributed by atoms with van der Waals surface area (Å²) in [5.74, 6) is -0.600. The maximum Gasteiger partial charge on any atom is 0.280 e. The highest BCUT2D eigenvalue weighted by Crippen LogP contribution is 2.03. The highest BCUT2D eigenvalue weighted by Gasteiger charge is 2.10. The van der Waals surface area contributed by atoms with Gasteiger partial charge in [-0.15, -0.1) is 0 Å². The Morgan fingerprint density at radius 2 is 1.55 bits per heavy atom. The number of aromatic amines is 1. The van der Waals surface area contributed by atoms with Gasteiger partial charge in [-0.25, -0.2) is 0 Å². The van der Waals surface area contributed by atoms with Crippen LogP contribution < -0.4 is 11.1 Å². The summed E-state index contributed by atoms with van der Waals surface area (Å²) >= 11 is 0. The second-order valence-corrected chi connectivity index (χ2v) is 4.71. The summed E-state index contributed by atoms with van der Waals surface area (Å²) in [4.78, 5) is 36.4. The standard InChI is InChI=1S/C17H12N2O3/c20-15(11-10-12-6-2-1-3-7-12)19-17(22)14-9-5-4-8-13(14)16(21)18-19/h1-11H,(H,18,21)/b11-10+. The second kappa shape index (κ2) is 5.65. The van der Waals surface area contributed by atoms with Gasteiger partial charge in [0, 0.05) is 6.08 Å². The van der Waals surface area contributed by atoms with Gasteiger partial charge in [0.2, 0.25) is 0 Å². The number of hydrogen-bond acceptors (Lipinski definition) is 3. The normalized spacial score (nSPS) is 11.1. The number of nitrogens with one attached hydrogen (secondary N) is 1. The molecule has 0 fully saturated rings. The fourth-order valence-corrected chi connectivity index (χ4v) is 2.16. The molecule has 0 aliphatic heterocycles. The minimum atomic E-state index is -0.600. The number of aromatic nitrogens is 2. The van der Waals surface area contributed by atoms with E-state index < -0.39 is 17.0 Å². The van der Waals surface area contributed by atoms with Crippen LogP contribution in [0, 0.1) is 0 Å². The molecule has 2 aromatic carbocycles. The summed E-state index contributed by atoms with van der Waals surface area (Å²) < 4.78 is 0.726. The Bertz CT molecular complexity index is 982. The number of fused-ring (bicyclic) bond motifs is 1. The van der Waals surface area contributed by atoms with Crippen LogP contribution in [0.5, 0.6) is 0 Å². The zero-order valence-corrected chi connectivity index (χ0v) is 11.5. The zero-order valence-electron chi connectivity index (χ0n) is 11.5. The van der Waals surface area contributed by atoms with E-state index in [2.05, 4.69) is 5.10 Å². The third-order valence-electron chi connectivity index (χ3n) is 3.26. The van der Waals surface area contributed by atoms with Gasteiger partial charge in [0.1, 0.15) is 0 Å². The van der Waals surface area contributed by atoms with Crippen LogP contribution in [-0.4, -0.2) is 15.7 Å². The van der Waals surface area contributed by atoms with Gasteiger partial charge >= 0.3 is 0 Å². The van der Waals surface area contributed by atoms with E-state index in [1.54, 1.807) is 24.3 Å². The van der Waals surface area contributed by atoms with E-state index in [4.69, 9.17) is 0 Å². The average Bonchev–Trinajstić information content (AvgIpc) is 2.57. The molecule has 3 rings (SSSR count). The van der Waals surface area contributed by atoms with E-state index in [1.165, 1.54) is 12.1 Å². The van der Waals surface area contributed by atoms with E-state index in [0.717, 1.165) is 10.2 Å². The van der Waals surface area contributed by atoms with Crippen LogP contribution in [0.25, 0.3) is 16.8 Å². The van der Waals surface area contributed by atoms with Gasteiger partial charge in [-0.3, -0.25) is 19.5 Å². The molecule has 22 heavy (non-hydrogen) atoms. The number of rotatable bonds is 2. The lowest BCUT2D eigenvalue weighted by molar-refractivity contribution is 0.0949. The SMILES string of the molecule is O=C(/C=C/c1ccccc1)n1[nH]c(=O)c2ccccc2c1=O. The zero-order chi connectivity index (χ0) is 15.5. The average molecular weight is 292 g/mol. The minimum absolute atomic E-state index is 0.215. The van der Waals surface area contributed by atoms with Gasteiger partial charge < -0.3 is 0 Å². The smallest absolute Gasteiger partial charge is 0.267 e. The third-order valence-corrected chi connectivity index (χ3v) is 3.26. The van der Waals surface area contributed by atoms with Crippen molar-refractivity contribution in [1.29, 1.82) is 0 Å². The summed E-state index contributed by atoms with van der Waals surface area (Å²) in [7, 11) is 0. The van der Waals surface area contributed by atoms with Crippen molar-refractivity contribution in [2.75, 3.05) is 0 Å². The molecule has 0 bridgehead atoms. The predicted molar refractivity (Wildman–Crippen MR) is 84.9 cm³/mol. The highest BCUT2D eigenvalue weighted by molar-refractivity contribution is 5.94. The number of benzene rings is 2. The summed E-state index contributed by atoms with van der Waals surface area (Å²) in [5.41, 5.74) is -0.193. The first-order valence-corrected chi connectivity index (χ1v) is 6.68. The highest BCUT2D eigenvalue weighted by atomic mass is 16.2. The Labute approximate surface area is 125 Å². The van der Waals surface area contributed by atoms with Crippen LogP contribution in [0.2, 0.25) is 0 Å². The van der Waals surface area contributed by atoms with Crippen molar-refractivity contribution in [3.63, 3.8) is 0 Å². The van der Waals surface area contributed by atoms with Gasteiger partial charge in [-0.05, 0) is 23.8 Å². The Morgan fingerprint density at radius 1 is 0.909 bits per heavy atom. The lowest BCUT2D eigenvalue weighted by Crippen LogP contribution is -2.33. The number of carbonyl (C=O) groups is 1. The molecule has 0 radical (unpaired) electrons. The third kappa shape index (κ3) is 2.52. The summed E-state index contributed by atoms with van der Waals surface area (Å²) in [6.07, 6.45) is 2.84. The Balaban J connectivity index is 2.05. The maximum absolute atomic E-state index is 12.3. The molecule has 0 aliphatic carbocycles. The van der Waals surface area contributed by atoms with Gasteiger partial charge in [0.25, 0.3) is 17.0 Å². The molecule has 0 atom stereocenters. The quantitative estimate of drug-likeness (QED) is 0.735. The first kappa shape index (κ1) is 13.8. The topological polar surface area (TPSA) is 71.9 Å². The molecule has 108 valence electrons. The number of nitrogens with zero attached hydrogens (tertiary/aromatic N) is 1. The second-order valence-electron chi connectivity index (χ2n) is 4.71. The van der Waals surface area contributed by atoms with Crippen LogP contribution in [0.3, 0.4) is 0 Å². The van der Waals surface area contributed by atoms with E-state index in [0.29, 0.717) is 0 Å². The van der Waals surface area contributed by atoms with Gasteiger partial charge in [0.15, 0.2) is 0 Å². The van der Waals surface area contributed by atoms with Gasteiger partial charge in [-0.1, -0.05) is 42.5 Å². The number of allylic oxidation sites excluding steroid dienone is 1. The summed E-state index contributed by atoms with van der Waals surface area (Å²) in [5, 5.41) is 2.79. The van der Waals surface area contributed by atoms with Crippen molar-refractivity contribution in [3.05, 3.63) is 86.9 Å². The molecule has 1 heterocycles. The van der Waals surface area contributed by atoms with E-state index in [-0.39, 0.29) is 10.8 Å². The lowest BCUT2D eigenvalue weighted by Gasteiger charge is -2.02. The molecule has 5 nitrogen and oxygen atoms in total. The molecule has 1 N–H and O–H groups in total. The van der Waals surface area contributed by atoms with Crippen molar-refractivity contribution in [2.45, 2.75) is 0 Å². The summed E-state index contributed by atoms with van der Waals surface area (Å²) in [6.45, 7) is 0. The van der Waals surface area contributed by atoms with Crippen molar-refractivity contribution >= 4 is 22.8 Å². The molecule has 3 aromatic rings. The molecule has 0 unspecified atom stereocenters. The molecule has 1 aromatic heterocycles. The number of H-pyrrole nitrogens is 1. The minimum Gasteiger partial charge on any atom is -0.267 e. The van der Waals surface area contributed by atoms with Crippen molar-refractivity contribution < 1.29 is 4.79 Å². The molecular weight excluding hydrogens is 280 g/mol. The van der Waals surface area contributed by atoms with Crippen LogP contribution in [0.4, 0.5) is 0 Å². The molecule has 0 saturated carbocycles. The maximum atomic E-state index is 12.3. The Morgan fingerprint density at radius 3 is 2.27 bits per heavy atom. The van der Waals surface area contributed by atoms with Crippen LogP contribution in [0.1, 0.15) is 10.4 Å². The fourth-order valence-electron chi connectivity index (χ4n) is 2.16. The van der Waals surface area contributed by atoms with Crippen molar-refractivity contribution in [2.24, 2.45) is 0 Å². The van der Waals surface area contributed by atoms with Crippen LogP contribution in [0.15, 0.2) is 70.3 Å². The van der Waals surface area contributed by atoms with Crippen LogP contribution in [-0.2, 0) is 0 Å². The summed E-state index contributed by atoms with van der Waals surface area (Å²) in [6, 6.07) is 15.6. The first-order valence-electron chi connectivity index (χ1n) is 6.68. The Kier molecular flexibility index (Phi) is 3.53. The van der Waals surface area contributed by atoms with Crippen LogP contribution >= 0.6 is 0 Å². The van der Waals surface area contributed by atoms with Crippen molar-refractivity contribution in [3.8, 4) is 0 Å². The fraction of sp³-hybridized carbons (Fsp3) is 0. The molecule has 0 amide bonds. The Hall–Kier alpha value is -3.21. The molecule has 0 saturated heterocycles. The predicted octanol–water partition coefficient (Wildman–Crippen LogP) is 2.04. The number of carbonyl (C=O) groups excluding carboxylic acids is 1. The first-order chi connectivity index (χ1) is 10.7. The lowest BCUT2D eigenvalue weighted by atomic mass is 10.2. The monoisotopic (exact) mass is 292 g/mol. The van der Waals surface area contributed by atoms with E-state index >= 15 is 0 Å². The van der Waals surface area contributed by atoms with Crippen molar-refractivity contribution in [1.82, 2.24) is 9.78 Å². The largest absolute Gasteiger partial charge is 0.280 e. The number of hydrogen-bond donors (Lipinski definition) is 1. The van der Waals surface area contributed by atoms with Gasteiger partial charge in [-0.2, -0.15) is 4.68 Å². The molecule has 0 aliphatic rings.